The maximum absolute atomic E-state index is 6.23. The zero-order valence-corrected chi connectivity index (χ0v) is 33.3. The summed E-state index contributed by atoms with van der Waals surface area (Å²) in [6.07, 6.45) is 0. The van der Waals surface area contributed by atoms with E-state index in [1.54, 1.807) is 28.4 Å². The van der Waals surface area contributed by atoms with Crippen molar-refractivity contribution < 1.29 is 44.9 Å². The standard InChI is InChI=1S/2C18H19ClO3S2.Ni/c2*1-20-9-10-22-15-8-7-12(11-16(15)21-2)17(23)18(24)13-5-3-4-6-14(13)19;/h2*3-8,11,23-24H,9-10H2,1-2H3;. The van der Waals surface area contributed by atoms with Crippen molar-refractivity contribution >= 4 is 93.3 Å². The van der Waals surface area contributed by atoms with Gasteiger partial charge < -0.3 is 28.4 Å². The summed E-state index contributed by atoms with van der Waals surface area (Å²) in [6.45, 7) is 1.92. The predicted molar refractivity (Wildman–Crippen MR) is 213 cm³/mol. The number of benzene rings is 4. The number of ether oxygens (including phenoxy) is 6. The van der Waals surface area contributed by atoms with Gasteiger partial charge in [-0.1, -0.05) is 59.6 Å². The van der Waals surface area contributed by atoms with Crippen molar-refractivity contribution in [3.05, 3.63) is 117 Å². The molecule has 0 bridgehead atoms. The Balaban J connectivity index is 0.000000333. The molecule has 0 heterocycles. The van der Waals surface area contributed by atoms with Gasteiger partial charge in [0.1, 0.15) is 13.2 Å². The van der Waals surface area contributed by atoms with Crippen molar-refractivity contribution in [1.29, 1.82) is 0 Å². The van der Waals surface area contributed by atoms with Crippen molar-refractivity contribution in [3.8, 4) is 23.0 Å². The van der Waals surface area contributed by atoms with E-state index in [0.29, 0.717) is 79.1 Å². The Morgan fingerprint density at radius 2 is 0.857 bits per heavy atom. The van der Waals surface area contributed by atoms with Gasteiger partial charge in [-0.2, -0.15) is 0 Å². The van der Waals surface area contributed by atoms with Gasteiger partial charge in [0.15, 0.2) is 23.0 Å². The van der Waals surface area contributed by atoms with Crippen molar-refractivity contribution in [2.45, 2.75) is 0 Å². The largest absolute Gasteiger partial charge is 0.493 e. The van der Waals surface area contributed by atoms with Crippen LogP contribution in [0.3, 0.4) is 0 Å². The molecule has 0 aliphatic rings. The molecule has 0 fully saturated rings. The third kappa shape index (κ3) is 12.6. The molecule has 4 aromatic carbocycles. The van der Waals surface area contributed by atoms with Crippen LogP contribution in [-0.4, -0.2) is 54.9 Å². The summed E-state index contributed by atoms with van der Waals surface area (Å²) in [5.41, 5.74) is 3.37. The first-order chi connectivity index (χ1) is 23.2. The summed E-state index contributed by atoms with van der Waals surface area (Å²) in [6, 6.07) is 26.2. The first-order valence-electron chi connectivity index (χ1n) is 14.5. The Hall–Kier alpha value is -2.05. The minimum atomic E-state index is 0. The van der Waals surface area contributed by atoms with Crippen LogP contribution in [0.25, 0.3) is 19.6 Å². The quantitative estimate of drug-likeness (QED) is 0.0440. The average Bonchev–Trinajstić information content (AvgIpc) is 3.11. The third-order valence-electron chi connectivity index (χ3n) is 6.67. The van der Waals surface area contributed by atoms with Crippen molar-refractivity contribution in [2.75, 3.05) is 54.9 Å². The number of rotatable bonds is 14. The zero-order chi connectivity index (χ0) is 35.1. The van der Waals surface area contributed by atoms with Gasteiger partial charge in [-0.25, -0.2) is 0 Å². The van der Waals surface area contributed by atoms with E-state index in [0.717, 1.165) is 22.3 Å². The van der Waals surface area contributed by atoms with Gasteiger partial charge in [-0.05, 0) is 59.7 Å². The van der Waals surface area contributed by atoms with Gasteiger partial charge >= 0.3 is 0 Å². The van der Waals surface area contributed by atoms with Crippen LogP contribution >= 0.6 is 73.7 Å². The second kappa shape index (κ2) is 22.7. The molecule has 0 aliphatic carbocycles. The molecule has 0 spiro atoms. The predicted octanol–water partition coefficient (Wildman–Crippen LogP) is 10.1. The SMILES string of the molecule is COCCOc1ccc(C(S)=C(S)c2ccccc2Cl)cc1OC.COCCOc1ccc(C(S)=C(S)c2ccccc2Cl)cc1OC.[Ni]. The summed E-state index contributed by atoms with van der Waals surface area (Å²) in [5.74, 6) is 2.54. The van der Waals surface area contributed by atoms with E-state index in [9.17, 15) is 0 Å². The summed E-state index contributed by atoms with van der Waals surface area (Å²) >= 11 is 30.8. The van der Waals surface area contributed by atoms with E-state index in [4.69, 9.17) is 51.6 Å². The number of thiol groups is 4. The molecular formula is C36H38Cl2NiO6S4. The normalized spacial score (nSPS) is 11.6. The molecule has 0 aromatic heterocycles. The summed E-state index contributed by atoms with van der Waals surface area (Å²) < 4.78 is 32.0. The summed E-state index contributed by atoms with van der Waals surface area (Å²) in [7, 11) is 6.45. The number of methoxy groups -OCH3 is 4. The van der Waals surface area contributed by atoms with Crippen LogP contribution in [0.15, 0.2) is 84.9 Å². The van der Waals surface area contributed by atoms with E-state index >= 15 is 0 Å². The van der Waals surface area contributed by atoms with E-state index in [1.165, 1.54) is 0 Å². The van der Waals surface area contributed by atoms with E-state index < -0.39 is 0 Å². The molecule has 0 saturated carbocycles. The molecule has 6 nitrogen and oxygen atoms in total. The van der Waals surface area contributed by atoms with Crippen LogP contribution in [0.1, 0.15) is 22.3 Å². The molecule has 266 valence electrons. The summed E-state index contributed by atoms with van der Waals surface area (Å²) in [5, 5.41) is 1.25. The molecule has 0 aliphatic heterocycles. The van der Waals surface area contributed by atoms with Gasteiger partial charge in [0.25, 0.3) is 0 Å². The summed E-state index contributed by atoms with van der Waals surface area (Å²) in [4.78, 5) is 2.79. The molecule has 0 radical (unpaired) electrons. The second-order valence-corrected chi connectivity index (χ2v) is 12.4. The molecule has 0 atom stereocenters. The van der Waals surface area contributed by atoms with E-state index in [-0.39, 0.29) is 16.5 Å². The fourth-order valence-electron chi connectivity index (χ4n) is 4.17. The molecule has 0 N–H and O–H groups in total. The Morgan fingerprint density at radius 1 is 0.490 bits per heavy atom. The number of halogens is 2. The smallest absolute Gasteiger partial charge is 0.161 e. The molecule has 0 amide bonds. The molecular weight excluding hydrogens is 786 g/mol. The van der Waals surface area contributed by atoms with Crippen LogP contribution in [0.2, 0.25) is 10.0 Å². The van der Waals surface area contributed by atoms with Crippen molar-refractivity contribution in [3.63, 3.8) is 0 Å². The zero-order valence-electron chi connectivity index (χ0n) is 27.2. The molecule has 4 rings (SSSR count). The van der Waals surface area contributed by atoms with Gasteiger partial charge in [0.2, 0.25) is 0 Å². The first-order valence-corrected chi connectivity index (χ1v) is 17.1. The number of hydrogen-bond acceptors (Lipinski definition) is 10. The van der Waals surface area contributed by atoms with Crippen molar-refractivity contribution in [1.82, 2.24) is 0 Å². The maximum Gasteiger partial charge on any atom is 0.161 e. The van der Waals surface area contributed by atoms with Crippen LogP contribution in [0, 0.1) is 0 Å². The van der Waals surface area contributed by atoms with Crippen LogP contribution in [0.4, 0.5) is 0 Å². The Labute approximate surface area is 331 Å². The van der Waals surface area contributed by atoms with Gasteiger partial charge in [0.05, 0.1) is 27.4 Å². The molecule has 0 unspecified atom stereocenters. The monoisotopic (exact) mass is 822 g/mol. The topological polar surface area (TPSA) is 55.4 Å². The Morgan fingerprint density at radius 3 is 1.18 bits per heavy atom. The number of hydrogen-bond donors (Lipinski definition) is 4. The van der Waals surface area contributed by atoms with Gasteiger partial charge in [-0.15, -0.1) is 50.5 Å². The van der Waals surface area contributed by atoms with Crippen molar-refractivity contribution in [2.24, 2.45) is 0 Å². The molecule has 13 heteroatoms. The fraction of sp³-hybridized carbons (Fsp3) is 0.222. The minimum absolute atomic E-state index is 0. The first kappa shape index (κ1) is 43.1. The Bertz CT molecular complexity index is 1600. The maximum atomic E-state index is 6.23. The second-order valence-electron chi connectivity index (χ2n) is 9.77. The van der Waals surface area contributed by atoms with Gasteiger partial charge in [-0.3, -0.25) is 0 Å². The van der Waals surface area contributed by atoms with E-state index in [2.05, 4.69) is 50.5 Å². The molecule has 49 heavy (non-hydrogen) atoms. The minimum Gasteiger partial charge on any atom is -0.493 e. The van der Waals surface area contributed by atoms with Gasteiger partial charge in [0, 0.05) is 71.5 Å². The Kier molecular flexibility index (Phi) is 20.0. The van der Waals surface area contributed by atoms with Crippen LogP contribution in [0.5, 0.6) is 23.0 Å². The van der Waals surface area contributed by atoms with E-state index in [1.807, 2.05) is 84.9 Å². The molecule has 4 aromatic rings. The fourth-order valence-corrected chi connectivity index (χ4v) is 5.93. The van der Waals surface area contributed by atoms with Crippen LogP contribution < -0.4 is 18.9 Å². The van der Waals surface area contributed by atoms with Crippen LogP contribution in [-0.2, 0) is 26.0 Å². The third-order valence-corrected chi connectivity index (χ3v) is 9.58. The molecule has 0 saturated heterocycles. The average molecular weight is 825 g/mol.